The predicted octanol–water partition coefficient (Wildman–Crippen LogP) is 0.931. The fourth-order valence-corrected chi connectivity index (χ4v) is 1.21. The van der Waals surface area contributed by atoms with E-state index in [2.05, 4.69) is 11.9 Å². The average molecular weight is 220 g/mol. The highest BCUT2D eigenvalue weighted by Gasteiger charge is 2.01. The van der Waals surface area contributed by atoms with Crippen LogP contribution in [-0.2, 0) is 11.3 Å². The number of carbonyl (C=O) groups excluding carboxylic acids is 1. The van der Waals surface area contributed by atoms with Crippen LogP contribution in [0.1, 0.15) is 13.3 Å². The van der Waals surface area contributed by atoms with E-state index < -0.39 is 0 Å². The van der Waals surface area contributed by atoms with E-state index in [-0.39, 0.29) is 11.5 Å². The van der Waals surface area contributed by atoms with Gasteiger partial charge in [0.05, 0.1) is 0 Å². The van der Waals surface area contributed by atoms with E-state index in [0.717, 1.165) is 5.57 Å². The molecule has 0 aliphatic rings. The number of amides is 1. The standard InChI is InChI=1S/C12H16N2O2/c1-10(2)9-13-11(15)6-8-14-7-4-3-5-12(14)16/h3-5,7H,1,6,8-9H2,2H3,(H,13,15). The summed E-state index contributed by atoms with van der Waals surface area (Å²) in [4.78, 5) is 22.7. The smallest absolute Gasteiger partial charge is 0.250 e. The van der Waals surface area contributed by atoms with Gasteiger partial charge in [0.25, 0.3) is 5.56 Å². The van der Waals surface area contributed by atoms with Crippen LogP contribution in [0.25, 0.3) is 0 Å². The third-order valence-corrected chi connectivity index (χ3v) is 2.07. The van der Waals surface area contributed by atoms with Gasteiger partial charge in [0, 0.05) is 31.8 Å². The van der Waals surface area contributed by atoms with Crippen molar-refractivity contribution in [3.05, 3.63) is 46.9 Å². The lowest BCUT2D eigenvalue weighted by Crippen LogP contribution is -2.27. The van der Waals surface area contributed by atoms with E-state index in [1.54, 1.807) is 18.3 Å². The topological polar surface area (TPSA) is 51.1 Å². The van der Waals surface area contributed by atoms with Crippen LogP contribution < -0.4 is 10.9 Å². The first-order valence-corrected chi connectivity index (χ1v) is 5.16. The quantitative estimate of drug-likeness (QED) is 0.750. The first-order chi connectivity index (χ1) is 7.59. The van der Waals surface area contributed by atoms with Crippen molar-refractivity contribution in [1.29, 1.82) is 0 Å². The lowest BCUT2D eigenvalue weighted by Gasteiger charge is -2.06. The van der Waals surface area contributed by atoms with Gasteiger partial charge in [-0.3, -0.25) is 9.59 Å². The van der Waals surface area contributed by atoms with Crippen molar-refractivity contribution in [1.82, 2.24) is 9.88 Å². The molecule has 0 spiro atoms. The Labute approximate surface area is 94.6 Å². The molecular weight excluding hydrogens is 204 g/mol. The van der Waals surface area contributed by atoms with E-state index in [4.69, 9.17) is 0 Å². The van der Waals surface area contributed by atoms with Gasteiger partial charge in [-0.2, -0.15) is 0 Å². The third-order valence-electron chi connectivity index (χ3n) is 2.07. The highest BCUT2D eigenvalue weighted by atomic mass is 16.1. The van der Waals surface area contributed by atoms with Gasteiger partial charge >= 0.3 is 0 Å². The predicted molar refractivity (Wildman–Crippen MR) is 63.1 cm³/mol. The van der Waals surface area contributed by atoms with Crippen molar-refractivity contribution in [3.63, 3.8) is 0 Å². The summed E-state index contributed by atoms with van der Waals surface area (Å²) in [7, 11) is 0. The van der Waals surface area contributed by atoms with E-state index in [9.17, 15) is 9.59 Å². The Bertz CT molecular complexity index is 435. The number of nitrogens with zero attached hydrogens (tertiary/aromatic N) is 1. The second-order valence-corrected chi connectivity index (χ2v) is 3.72. The van der Waals surface area contributed by atoms with Crippen molar-refractivity contribution in [3.8, 4) is 0 Å². The van der Waals surface area contributed by atoms with Crippen LogP contribution in [0.3, 0.4) is 0 Å². The molecular formula is C12H16N2O2. The Balaban J connectivity index is 2.40. The Kier molecular flexibility index (Phi) is 4.51. The van der Waals surface area contributed by atoms with Gasteiger partial charge in [-0.25, -0.2) is 0 Å². The molecule has 0 unspecified atom stereocenters. The molecule has 0 aliphatic heterocycles. The first-order valence-electron chi connectivity index (χ1n) is 5.16. The van der Waals surface area contributed by atoms with Crippen LogP contribution in [0.5, 0.6) is 0 Å². The minimum atomic E-state index is -0.0878. The minimum absolute atomic E-state index is 0.0706. The molecule has 4 heteroatoms. The van der Waals surface area contributed by atoms with Gasteiger partial charge < -0.3 is 9.88 Å². The van der Waals surface area contributed by atoms with Gasteiger partial charge in [-0.1, -0.05) is 18.2 Å². The number of rotatable bonds is 5. The summed E-state index contributed by atoms with van der Waals surface area (Å²) < 4.78 is 1.51. The molecule has 4 nitrogen and oxygen atoms in total. The zero-order chi connectivity index (χ0) is 12.0. The van der Waals surface area contributed by atoms with Gasteiger partial charge in [0.15, 0.2) is 0 Å². The molecule has 16 heavy (non-hydrogen) atoms. The molecule has 0 fully saturated rings. The monoisotopic (exact) mass is 220 g/mol. The molecule has 0 saturated carbocycles. The Morgan fingerprint density at radius 3 is 2.88 bits per heavy atom. The van der Waals surface area contributed by atoms with Crippen LogP contribution >= 0.6 is 0 Å². The van der Waals surface area contributed by atoms with Crippen LogP contribution in [0.2, 0.25) is 0 Å². The Hall–Kier alpha value is -1.84. The Morgan fingerprint density at radius 1 is 1.50 bits per heavy atom. The molecule has 1 N–H and O–H groups in total. The van der Waals surface area contributed by atoms with E-state index in [1.807, 2.05) is 6.92 Å². The summed E-state index contributed by atoms with van der Waals surface area (Å²) in [6.07, 6.45) is 1.98. The number of nitrogens with one attached hydrogen (secondary N) is 1. The van der Waals surface area contributed by atoms with Crippen molar-refractivity contribution < 1.29 is 4.79 Å². The fourth-order valence-electron chi connectivity index (χ4n) is 1.21. The number of hydrogen-bond acceptors (Lipinski definition) is 2. The van der Waals surface area contributed by atoms with E-state index in [1.165, 1.54) is 10.6 Å². The van der Waals surface area contributed by atoms with Gasteiger partial charge in [-0.05, 0) is 13.0 Å². The molecule has 1 aromatic rings. The van der Waals surface area contributed by atoms with E-state index >= 15 is 0 Å². The van der Waals surface area contributed by atoms with E-state index in [0.29, 0.717) is 19.5 Å². The largest absolute Gasteiger partial charge is 0.352 e. The lowest BCUT2D eigenvalue weighted by atomic mass is 10.3. The molecule has 0 bridgehead atoms. The van der Waals surface area contributed by atoms with Gasteiger partial charge in [0.2, 0.25) is 5.91 Å². The van der Waals surface area contributed by atoms with Crippen LogP contribution in [-0.4, -0.2) is 17.0 Å². The molecule has 1 amide bonds. The van der Waals surface area contributed by atoms with Crippen molar-refractivity contribution in [2.24, 2.45) is 0 Å². The number of carbonyl (C=O) groups is 1. The zero-order valence-electron chi connectivity index (χ0n) is 9.40. The number of aromatic nitrogens is 1. The molecule has 86 valence electrons. The van der Waals surface area contributed by atoms with Crippen molar-refractivity contribution in [2.75, 3.05) is 6.54 Å². The maximum absolute atomic E-state index is 11.4. The zero-order valence-corrected chi connectivity index (χ0v) is 9.40. The second-order valence-electron chi connectivity index (χ2n) is 3.72. The van der Waals surface area contributed by atoms with Crippen molar-refractivity contribution >= 4 is 5.91 Å². The second kappa shape index (κ2) is 5.90. The highest BCUT2D eigenvalue weighted by molar-refractivity contribution is 5.76. The first kappa shape index (κ1) is 12.2. The van der Waals surface area contributed by atoms with Crippen LogP contribution in [0, 0.1) is 0 Å². The molecule has 1 aromatic heterocycles. The summed E-state index contributed by atoms with van der Waals surface area (Å²) in [6.45, 7) is 6.43. The summed E-state index contributed by atoms with van der Waals surface area (Å²) >= 11 is 0. The number of aryl methyl sites for hydroxylation is 1. The normalized spacial score (nSPS) is 9.81. The summed E-state index contributed by atoms with van der Waals surface area (Å²) in [5.41, 5.74) is 0.820. The number of pyridine rings is 1. The maximum Gasteiger partial charge on any atom is 0.250 e. The Morgan fingerprint density at radius 2 is 2.25 bits per heavy atom. The molecule has 1 rings (SSSR count). The fraction of sp³-hybridized carbons (Fsp3) is 0.333. The summed E-state index contributed by atoms with van der Waals surface area (Å²) in [5.74, 6) is -0.0706. The number of hydrogen-bond donors (Lipinski definition) is 1. The summed E-state index contributed by atoms with van der Waals surface area (Å²) in [5, 5.41) is 2.72. The lowest BCUT2D eigenvalue weighted by molar-refractivity contribution is -0.121. The van der Waals surface area contributed by atoms with Gasteiger partial charge in [0.1, 0.15) is 0 Å². The van der Waals surface area contributed by atoms with Crippen LogP contribution in [0.4, 0.5) is 0 Å². The van der Waals surface area contributed by atoms with Gasteiger partial charge in [-0.15, -0.1) is 0 Å². The third kappa shape index (κ3) is 4.13. The molecule has 0 radical (unpaired) electrons. The molecule has 0 saturated heterocycles. The average Bonchev–Trinajstić information content (AvgIpc) is 2.25. The maximum atomic E-state index is 11.4. The minimum Gasteiger partial charge on any atom is -0.352 e. The SMILES string of the molecule is C=C(C)CNC(=O)CCn1ccccc1=O. The molecule has 0 atom stereocenters. The highest BCUT2D eigenvalue weighted by Crippen LogP contribution is 1.89. The molecule has 0 aromatic carbocycles. The summed E-state index contributed by atoms with van der Waals surface area (Å²) in [6, 6.07) is 4.93. The van der Waals surface area contributed by atoms with Crippen molar-refractivity contribution in [2.45, 2.75) is 19.9 Å². The molecule has 1 heterocycles. The molecule has 0 aliphatic carbocycles. The van der Waals surface area contributed by atoms with Crippen LogP contribution in [0.15, 0.2) is 41.3 Å².